The van der Waals surface area contributed by atoms with Crippen molar-refractivity contribution in [2.45, 2.75) is 31.4 Å². The lowest BCUT2D eigenvalue weighted by atomic mass is 9.77. The van der Waals surface area contributed by atoms with Crippen molar-refractivity contribution in [1.82, 2.24) is 4.90 Å². The van der Waals surface area contributed by atoms with Crippen molar-refractivity contribution in [3.8, 4) is 5.75 Å². The summed E-state index contributed by atoms with van der Waals surface area (Å²) in [5.41, 5.74) is 6.82. The Morgan fingerprint density at radius 3 is 2.95 bits per heavy atom. The van der Waals surface area contributed by atoms with Crippen LogP contribution in [0.2, 0.25) is 0 Å². The predicted octanol–water partition coefficient (Wildman–Crippen LogP) is 2.26. The van der Waals surface area contributed by atoms with Crippen LogP contribution in [0.4, 0.5) is 0 Å². The van der Waals surface area contributed by atoms with E-state index in [0.717, 1.165) is 12.2 Å². The molecule has 0 radical (unpaired) electrons. The van der Waals surface area contributed by atoms with Crippen LogP contribution in [-0.4, -0.2) is 29.6 Å². The van der Waals surface area contributed by atoms with Gasteiger partial charge in [0.1, 0.15) is 11.4 Å². The summed E-state index contributed by atoms with van der Waals surface area (Å²) >= 11 is 0. The molecule has 0 aromatic heterocycles. The molecule has 0 fully saturated rings. The van der Waals surface area contributed by atoms with E-state index in [2.05, 4.69) is 36.4 Å². The quantitative estimate of drug-likeness (QED) is 0.839. The van der Waals surface area contributed by atoms with Gasteiger partial charge in [0, 0.05) is 18.5 Å². The van der Waals surface area contributed by atoms with E-state index in [9.17, 15) is 0 Å². The molecule has 3 rings (SSSR count). The molecule has 0 aliphatic carbocycles. The molecule has 0 saturated heterocycles. The molecule has 2 heterocycles. The highest BCUT2D eigenvalue weighted by atomic mass is 16.5. The first-order chi connectivity index (χ1) is 9.48. The van der Waals surface area contributed by atoms with E-state index < -0.39 is 0 Å². The second-order valence-electron chi connectivity index (χ2n) is 6.14. The van der Waals surface area contributed by atoms with Crippen LogP contribution in [0.1, 0.15) is 25.8 Å². The molecular formula is C16H21N3O. The van der Waals surface area contributed by atoms with Crippen molar-refractivity contribution in [3.63, 3.8) is 0 Å². The van der Waals surface area contributed by atoms with Crippen molar-refractivity contribution in [2.75, 3.05) is 13.1 Å². The lowest BCUT2D eigenvalue weighted by Crippen LogP contribution is -2.56. The van der Waals surface area contributed by atoms with Crippen molar-refractivity contribution >= 4 is 5.96 Å². The molecular weight excluding hydrogens is 250 g/mol. The van der Waals surface area contributed by atoms with Crippen LogP contribution in [0, 0.1) is 0 Å². The number of fused-ring (bicyclic) bond motifs is 2. The Kier molecular flexibility index (Phi) is 2.78. The number of para-hydroxylation sites is 1. The molecule has 2 N–H and O–H groups in total. The second kappa shape index (κ2) is 4.27. The molecule has 1 atom stereocenters. The van der Waals surface area contributed by atoms with E-state index in [1.807, 2.05) is 24.3 Å². The van der Waals surface area contributed by atoms with E-state index in [4.69, 9.17) is 10.5 Å². The Labute approximate surface area is 119 Å². The maximum Gasteiger partial charge on any atom is 0.192 e. The minimum Gasteiger partial charge on any atom is -0.487 e. The first-order valence-electron chi connectivity index (χ1n) is 6.95. The average molecular weight is 271 g/mol. The summed E-state index contributed by atoms with van der Waals surface area (Å²) in [6, 6.07) is 8.20. The summed E-state index contributed by atoms with van der Waals surface area (Å²) in [5, 5.41) is 0. The zero-order chi connectivity index (χ0) is 14.4. The second-order valence-corrected chi connectivity index (χ2v) is 6.14. The monoisotopic (exact) mass is 271 g/mol. The van der Waals surface area contributed by atoms with Gasteiger partial charge in [-0.25, -0.2) is 0 Å². The van der Waals surface area contributed by atoms with Crippen LogP contribution in [-0.2, 0) is 5.54 Å². The van der Waals surface area contributed by atoms with Crippen molar-refractivity contribution in [2.24, 2.45) is 10.7 Å². The van der Waals surface area contributed by atoms with Gasteiger partial charge in [0.05, 0.1) is 12.1 Å². The maximum absolute atomic E-state index is 6.12. The third kappa shape index (κ3) is 1.79. The van der Waals surface area contributed by atoms with E-state index in [1.54, 1.807) is 0 Å². The molecule has 0 bridgehead atoms. The standard InChI is InChI=1S/C16H21N3O/c1-4-9-19-14(17)18-11-16(19)10-15(2,3)20-13-8-6-5-7-12(13)16/h4-8H,1,9-11H2,2-3H3,(H2,17,18). The minimum absolute atomic E-state index is 0.212. The number of benzene rings is 1. The number of guanidine groups is 1. The molecule has 1 spiro atoms. The van der Waals surface area contributed by atoms with E-state index in [1.165, 1.54) is 5.56 Å². The summed E-state index contributed by atoms with van der Waals surface area (Å²) in [6.45, 7) is 9.45. The molecule has 0 amide bonds. The number of nitrogens with two attached hydrogens (primary N) is 1. The maximum atomic E-state index is 6.12. The first kappa shape index (κ1) is 13.0. The van der Waals surface area contributed by atoms with Gasteiger partial charge >= 0.3 is 0 Å². The van der Waals surface area contributed by atoms with Gasteiger partial charge in [-0.05, 0) is 19.9 Å². The molecule has 2 aliphatic rings. The third-order valence-electron chi connectivity index (χ3n) is 4.10. The average Bonchev–Trinajstić information content (AvgIpc) is 2.68. The Balaban J connectivity index is 2.15. The number of rotatable bonds is 2. The van der Waals surface area contributed by atoms with Gasteiger partial charge in [-0.3, -0.25) is 4.99 Å². The summed E-state index contributed by atoms with van der Waals surface area (Å²) in [4.78, 5) is 6.65. The van der Waals surface area contributed by atoms with Crippen LogP contribution < -0.4 is 10.5 Å². The van der Waals surface area contributed by atoms with Crippen LogP contribution in [0.5, 0.6) is 5.75 Å². The summed E-state index contributed by atoms with van der Waals surface area (Å²) in [6.07, 6.45) is 2.73. The van der Waals surface area contributed by atoms with Gasteiger partial charge in [-0.2, -0.15) is 0 Å². The third-order valence-corrected chi connectivity index (χ3v) is 4.10. The topological polar surface area (TPSA) is 50.8 Å². The van der Waals surface area contributed by atoms with E-state index in [0.29, 0.717) is 19.0 Å². The Bertz CT molecular complexity index is 579. The van der Waals surface area contributed by atoms with E-state index >= 15 is 0 Å². The van der Waals surface area contributed by atoms with Crippen LogP contribution in [0.3, 0.4) is 0 Å². The van der Waals surface area contributed by atoms with Gasteiger partial charge in [0.2, 0.25) is 0 Å². The lowest BCUT2D eigenvalue weighted by Gasteiger charge is -2.48. The molecule has 106 valence electrons. The molecule has 1 aromatic rings. The molecule has 0 saturated carbocycles. The SMILES string of the molecule is C=CCN1C(N)=NCC12CC(C)(C)Oc1ccccc12. The molecule has 4 heteroatoms. The fourth-order valence-corrected chi connectivity index (χ4v) is 3.45. The largest absolute Gasteiger partial charge is 0.487 e. The Morgan fingerprint density at radius 1 is 1.45 bits per heavy atom. The minimum atomic E-state index is -0.242. The van der Waals surface area contributed by atoms with Crippen LogP contribution in [0.15, 0.2) is 41.9 Å². The summed E-state index contributed by atoms with van der Waals surface area (Å²) < 4.78 is 6.12. The van der Waals surface area contributed by atoms with Crippen LogP contribution >= 0.6 is 0 Å². The van der Waals surface area contributed by atoms with Gasteiger partial charge in [-0.15, -0.1) is 6.58 Å². The Morgan fingerprint density at radius 2 is 2.20 bits per heavy atom. The number of nitrogens with zero attached hydrogens (tertiary/aromatic N) is 2. The molecule has 1 aromatic carbocycles. The number of hydrogen-bond donors (Lipinski definition) is 1. The smallest absolute Gasteiger partial charge is 0.192 e. The summed E-state index contributed by atoms with van der Waals surface area (Å²) in [7, 11) is 0. The molecule has 4 nitrogen and oxygen atoms in total. The van der Waals surface area contributed by atoms with Crippen molar-refractivity contribution in [3.05, 3.63) is 42.5 Å². The van der Waals surface area contributed by atoms with Gasteiger partial charge in [0.25, 0.3) is 0 Å². The fourth-order valence-electron chi connectivity index (χ4n) is 3.45. The number of aliphatic imine (C=N–C) groups is 1. The summed E-state index contributed by atoms with van der Waals surface area (Å²) in [5.74, 6) is 1.53. The fraction of sp³-hybridized carbons (Fsp3) is 0.438. The van der Waals surface area contributed by atoms with Gasteiger partial charge in [0.15, 0.2) is 5.96 Å². The number of ether oxygens (including phenoxy) is 1. The van der Waals surface area contributed by atoms with Crippen LogP contribution in [0.25, 0.3) is 0 Å². The zero-order valence-corrected chi connectivity index (χ0v) is 12.1. The molecule has 1 unspecified atom stereocenters. The van der Waals surface area contributed by atoms with E-state index in [-0.39, 0.29) is 11.1 Å². The van der Waals surface area contributed by atoms with Gasteiger partial charge in [-0.1, -0.05) is 24.3 Å². The highest BCUT2D eigenvalue weighted by Gasteiger charge is 2.51. The van der Waals surface area contributed by atoms with Crippen molar-refractivity contribution in [1.29, 1.82) is 0 Å². The molecule has 20 heavy (non-hydrogen) atoms. The zero-order valence-electron chi connectivity index (χ0n) is 12.1. The lowest BCUT2D eigenvalue weighted by molar-refractivity contribution is 0.0111. The highest BCUT2D eigenvalue weighted by molar-refractivity contribution is 5.82. The molecule has 2 aliphatic heterocycles. The predicted molar refractivity (Wildman–Crippen MR) is 80.8 cm³/mol. The normalized spacial score (nSPS) is 26.9. The highest BCUT2D eigenvalue weighted by Crippen LogP contribution is 2.48. The number of hydrogen-bond acceptors (Lipinski definition) is 4. The first-order valence-corrected chi connectivity index (χ1v) is 6.95. The Hall–Kier alpha value is -1.97. The van der Waals surface area contributed by atoms with Crippen molar-refractivity contribution < 1.29 is 4.74 Å². The van der Waals surface area contributed by atoms with Gasteiger partial charge < -0.3 is 15.4 Å².